The van der Waals surface area contributed by atoms with Crippen LogP contribution in [-0.4, -0.2) is 199 Å². The second kappa shape index (κ2) is 42.1. The highest BCUT2D eigenvalue weighted by Crippen LogP contribution is 2.25. The van der Waals surface area contributed by atoms with Gasteiger partial charge in [-0.25, -0.2) is 4.98 Å². The average molecular weight is 1420 g/mol. The molecular weight excluding hydrogens is 1320 g/mol. The Morgan fingerprint density at radius 2 is 1.26 bits per heavy atom. The summed E-state index contributed by atoms with van der Waals surface area (Å²) in [4.78, 5) is 207. The summed E-state index contributed by atoms with van der Waals surface area (Å²) in [7, 11) is 0. The van der Waals surface area contributed by atoms with Gasteiger partial charge >= 0.3 is 11.9 Å². The molecule has 2 aromatic rings. The fourth-order valence-electron chi connectivity index (χ4n) is 10.9. The number of aromatic nitrogens is 2. The lowest BCUT2D eigenvalue weighted by Gasteiger charge is -2.30. The highest BCUT2D eigenvalue weighted by Gasteiger charge is 2.40. The Morgan fingerprint density at radius 1 is 0.660 bits per heavy atom. The van der Waals surface area contributed by atoms with Gasteiger partial charge in [-0.15, -0.1) is 11.8 Å². The van der Waals surface area contributed by atoms with E-state index in [1.54, 1.807) is 58.0 Å². The van der Waals surface area contributed by atoms with Gasteiger partial charge in [0.1, 0.15) is 66.5 Å². The van der Waals surface area contributed by atoms with E-state index in [0.717, 1.165) is 6.42 Å². The lowest BCUT2D eigenvalue weighted by atomic mass is 9.96. The van der Waals surface area contributed by atoms with Crippen LogP contribution in [-0.2, 0) is 80.0 Å². The van der Waals surface area contributed by atoms with Crippen LogP contribution in [0.2, 0.25) is 0 Å². The van der Waals surface area contributed by atoms with E-state index in [9.17, 15) is 77.3 Å². The van der Waals surface area contributed by atoms with Crippen molar-refractivity contribution in [2.45, 2.75) is 224 Å². The Balaban J connectivity index is 1.77. The molecule has 2 aliphatic heterocycles. The van der Waals surface area contributed by atoms with Crippen molar-refractivity contribution in [3.63, 3.8) is 0 Å². The minimum Gasteiger partial charge on any atom is -0.481 e. The third-order valence-corrected chi connectivity index (χ3v) is 18.6. The zero-order valence-electron chi connectivity index (χ0n) is 58.2. The third-order valence-electron chi connectivity index (χ3n) is 17.5. The van der Waals surface area contributed by atoms with Crippen LogP contribution in [0.1, 0.15) is 150 Å². The number of aliphatic imine (C=N–C) groups is 1. The fraction of sp³-hybridized carbons (Fsp3) is 0.636. The van der Waals surface area contributed by atoms with Gasteiger partial charge in [0, 0.05) is 43.5 Å². The Kier molecular flexibility index (Phi) is 35.1. The van der Waals surface area contributed by atoms with Crippen LogP contribution >= 0.6 is 11.8 Å². The number of imidazole rings is 1. The van der Waals surface area contributed by atoms with Gasteiger partial charge < -0.3 is 90.9 Å². The second-order valence-corrected chi connectivity index (χ2v) is 27.0. The van der Waals surface area contributed by atoms with Crippen molar-refractivity contribution >= 4 is 99.6 Å². The molecule has 0 spiro atoms. The molecule has 4 rings (SSSR count). The number of H-pyrrole nitrogens is 1. The van der Waals surface area contributed by atoms with Gasteiger partial charge in [-0.05, 0) is 80.7 Å². The number of primary amides is 1. The van der Waals surface area contributed by atoms with E-state index < -0.39 is 193 Å². The molecule has 33 nitrogen and oxygen atoms in total. The number of thioether (sulfide) groups is 1. The van der Waals surface area contributed by atoms with Crippen molar-refractivity contribution in [2.75, 3.05) is 18.8 Å². The summed E-state index contributed by atoms with van der Waals surface area (Å²) in [6, 6.07) is -8.34. The van der Waals surface area contributed by atoms with Crippen LogP contribution < -0.4 is 75.7 Å². The van der Waals surface area contributed by atoms with E-state index in [1.807, 2.05) is 27.7 Å². The van der Waals surface area contributed by atoms with E-state index in [1.165, 1.54) is 24.3 Å². The van der Waals surface area contributed by atoms with E-state index in [4.69, 9.17) is 17.2 Å². The average Bonchev–Trinajstić information content (AvgIpc) is 1.37. The van der Waals surface area contributed by atoms with Gasteiger partial charge in [-0.3, -0.25) is 72.1 Å². The summed E-state index contributed by atoms with van der Waals surface area (Å²) in [6.45, 7) is 14.1. The molecule has 1 saturated heterocycles. The monoisotopic (exact) mass is 1420 g/mol. The number of nitrogens with zero attached hydrogens (tertiary/aromatic N) is 2. The molecule has 554 valence electrons. The molecule has 15 atom stereocenters. The quantitative estimate of drug-likeness (QED) is 0.0401. The molecule has 1 fully saturated rings. The molecule has 12 amide bonds. The van der Waals surface area contributed by atoms with Crippen molar-refractivity contribution in [3.05, 3.63) is 54.1 Å². The summed E-state index contributed by atoms with van der Waals surface area (Å²) in [6.07, 6.45) is 0.368. The van der Waals surface area contributed by atoms with Crippen LogP contribution in [0, 0.1) is 23.7 Å². The van der Waals surface area contributed by atoms with Gasteiger partial charge in [0.2, 0.25) is 70.9 Å². The van der Waals surface area contributed by atoms with Crippen molar-refractivity contribution in [2.24, 2.45) is 45.9 Å². The largest absolute Gasteiger partial charge is 0.481 e. The number of carbonyl (C=O) groups is 14. The summed E-state index contributed by atoms with van der Waals surface area (Å²) in [5.74, 6) is -15.4. The zero-order chi connectivity index (χ0) is 74.3. The number of nitrogens with two attached hydrogens (primary N) is 3. The number of rotatable bonds is 31. The molecule has 0 aliphatic carbocycles. The molecule has 1 aromatic heterocycles. The molecule has 100 heavy (non-hydrogen) atoms. The van der Waals surface area contributed by atoms with Crippen LogP contribution in [0.4, 0.5) is 0 Å². The van der Waals surface area contributed by atoms with E-state index in [-0.39, 0.29) is 94.9 Å². The maximum Gasteiger partial charge on any atom is 0.305 e. The number of benzene rings is 1. The molecule has 2 aliphatic rings. The molecular formula is C66H103N17O16S. The van der Waals surface area contributed by atoms with Gasteiger partial charge in [-0.2, -0.15) is 0 Å². The molecule has 0 bridgehead atoms. The molecule has 0 radical (unpaired) electrons. The number of carbonyl (C=O) groups excluding carboxylic acids is 12. The smallest absolute Gasteiger partial charge is 0.305 e. The second-order valence-electron chi connectivity index (χ2n) is 26.0. The number of hydrogen-bond donors (Lipinski definition) is 17. The van der Waals surface area contributed by atoms with Crippen molar-refractivity contribution in [3.8, 4) is 0 Å². The minimum atomic E-state index is -1.94. The van der Waals surface area contributed by atoms with Crippen LogP contribution in [0.25, 0.3) is 0 Å². The predicted octanol–water partition coefficient (Wildman–Crippen LogP) is -1.68. The standard InChI is InChI=1S/C66H103N17O16S/c1-9-35(6)52(69)66-81-48(32-100-66)63(97)76-43(26-34(4)5)59(93)74-42(22-23-50(85)86)58(92)83-53(36(7)10-2)64(98)75-40-20-15-16-25-71-55(89)46(29-49(68)84)78-62(96)47(30-51(87)88)79-61(95)45(28-39-31-70-33-72-39)77-60(94)44(27-38-18-13-12-14-19-38)80-65(99)54(37(8)11-3)82-57(91)41(21-17-24-67)73-56(40)90/h12-14,18-19,31,33-37,40-48,52-54H,9-11,15-17,20-30,32,67,69H2,1-8H3,(H2,68,84)(H,70,72)(H,71,89)(H,73,90)(H,74,93)(H,75,98)(H,76,97)(H,77,94)(H,78,96)(H,79,95)(H,80,99)(H,82,91)(H,83,92)(H,85,86)(H,87,88)/t35?,36-,37-,40-,41+,42+,43+,44+,45-,46-,47+,48?,52?,53-,54-/m0/s1. The number of aliphatic carboxylic acids is 2. The highest BCUT2D eigenvalue weighted by atomic mass is 32.2. The number of amides is 12. The van der Waals surface area contributed by atoms with Gasteiger partial charge in [0.15, 0.2) is 0 Å². The van der Waals surface area contributed by atoms with Crippen LogP contribution in [0.15, 0.2) is 47.8 Å². The predicted molar refractivity (Wildman–Crippen MR) is 369 cm³/mol. The molecule has 20 N–H and O–H groups in total. The molecule has 3 unspecified atom stereocenters. The fourth-order valence-corrected chi connectivity index (χ4v) is 12.0. The lowest BCUT2D eigenvalue weighted by Crippen LogP contribution is -2.62. The van der Waals surface area contributed by atoms with Gasteiger partial charge in [-0.1, -0.05) is 105 Å². The Morgan fingerprint density at radius 3 is 1.85 bits per heavy atom. The molecule has 34 heteroatoms. The third kappa shape index (κ3) is 27.6. The van der Waals surface area contributed by atoms with Crippen molar-refractivity contribution in [1.82, 2.24) is 68.5 Å². The van der Waals surface area contributed by atoms with Crippen molar-refractivity contribution in [1.29, 1.82) is 0 Å². The Bertz CT molecular complexity index is 3160. The summed E-state index contributed by atoms with van der Waals surface area (Å²) >= 11 is 1.35. The molecule has 1 aromatic carbocycles. The first-order valence-corrected chi connectivity index (χ1v) is 35.1. The van der Waals surface area contributed by atoms with Crippen LogP contribution in [0.3, 0.4) is 0 Å². The summed E-state index contributed by atoms with van der Waals surface area (Å²) in [5.41, 5.74) is 18.7. The first-order valence-electron chi connectivity index (χ1n) is 34.1. The Hall–Kier alpha value is -9.05. The number of hydrogen-bond acceptors (Lipinski definition) is 19. The first-order chi connectivity index (χ1) is 47.4. The van der Waals surface area contributed by atoms with Gasteiger partial charge in [0.25, 0.3) is 0 Å². The SMILES string of the molecule is CCC(C)C(N)C1=NC(C(=O)N[C@H](CC(C)C)C(=O)N[C@H](CCC(=O)O)C(=O)N[C@H](C(=O)N[C@H]2CCCCNC(=O)[C@H](CC(N)=O)NC(=O)[C@@H](CC(=O)O)NC(=O)[C@H](Cc3cnc[nH]3)NC(=O)[C@@H](Cc3ccccc3)NC(=O)[C@H]([C@@H](C)CC)NC(=O)[C@@H](CCCN)NC2=O)[C@@H](C)CC)CS1. The van der Waals surface area contributed by atoms with Crippen molar-refractivity contribution < 1.29 is 77.3 Å². The number of nitrogens with one attached hydrogen (secondary N) is 12. The molecule has 3 heterocycles. The zero-order valence-corrected chi connectivity index (χ0v) is 59.0. The number of carboxylic acids is 2. The van der Waals surface area contributed by atoms with E-state index in [0.29, 0.717) is 16.3 Å². The summed E-state index contributed by atoms with van der Waals surface area (Å²) < 4.78 is 0. The lowest BCUT2D eigenvalue weighted by molar-refractivity contribution is -0.142. The number of carboxylic acid groups (broad SMARTS) is 2. The topological polar surface area (TPSA) is 531 Å². The van der Waals surface area contributed by atoms with E-state index >= 15 is 0 Å². The maximum absolute atomic E-state index is 14.9. The summed E-state index contributed by atoms with van der Waals surface area (Å²) in [5, 5.41) is 49.1. The minimum absolute atomic E-state index is 0.00117. The normalized spacial score (nSPS) is 23.1. The first kappa shape index (κ1) is 83.4. The van der Waals surface area contributed by atoms with E-state index in [2.05, 4.69) is 73.4 Å². The van der Waals surface area contributed by atoms with Crippen LogP contribution in [0.5, 0.6) is 0 Å². The highest BCUT2D eigenvalue weighted by molar-refractivity contribution is 8.14. The Labute approximate surface area is 586 Å². The maximum atomic E-state index is 14.9. The molecule has 0 saturated carbocycles. The van der Waals surface area contributed by atoms with Gasteiger partial charge in [0.05, 0.1) is 30.3 Å². The number of aromatic amines is 1.